The van der Waals surface area contributed by atoms with Gasteiger partial charge in [-0.05, 0) is 14.1 Å². The number of nitrogens with zero attached hydrogens (tertiary/aromatic N) is 3. The van der Waals surface area contributed by atoms with Crippen LogP contribution in [0.25, 0.3) is 0 Å². The van der Waals surface area contributed by atoms with Gasteiger partial charge in [-0.3, -0.25) is 4.79 Å². The maximum absolute atomic E-state index is 11.0. The SMILES string of the molecule is CN(C)CCn1cnc(=O)c(C(=O)O)c1. The molecule has 6 heteroatoms. The molecule has 0 aliphatic heterocycles. The van der Waals surface area contributed by atoms with Crippen LogP contribution in [0, 0.1) is 0 Å². The Bertz CT molecular complexity index is 411. The molecule has 0 aliphatic rings. The summed E-state index contributed by atoms with van der Waals surface area (Å²) in [6.45, 7) is 1.35. The van der Waals surface area contributed by atoms with E-state index in [2.05, 4.69) is 4.98 Å². The van der Waals surface area contributed by atoms with Crippen LogP contribution in [-0.2, 0) is 6.54 Å². The Morgan fingerprint density at radius 2 is 2.27 bits per heavy atom. The van der Waals surface area contributed by atoms with Crippen LogP contribution in [0.4, 0.5) is 0 Å². The van der Waals surface area contributed by atoms with Crippen molar-refractivity contribution in [1.29, 1.82) is 0 Å². The van der Waals surface area contributed by atoms with E-state index in [1.165, 1.54) is 12.5 Å². The van der Waals surface area contributed by atoms with Gasteiger partial charge < -0.3 is 14.6 Å². The van der Waals surface area contributed by atoms with Crippen molar-refractivity contribution in [3.05, 3.63) is 28.4 Å². The van der Waals surface area contributed by atoms with Crippen molar-refractivity contribution < 1.29 is 9.90 Å². The van der Waals surface area contributed by atoms with Crippen LogP contribution in [0.1, 0.15) is 10.4 Å². The Labute approximate surface area is 86.8 Å². The summed E-state index contributed by atoms with van der Waals surface area (Å²) in [5.74, 6) is -1.24. The molecule has 1 rings (SSSR count). The first-order chi connectivity index (χ1) is 7.00. The fourth-order valence-electron chi connectivity index (χ4n) is 1.03. The molecule has 0 atom stereocenters. The average Bonchev–Trinajstić information content (AvgIpc) is 2.16. The molecule has 6 nitrogen and oxygen atoms in total. The number of hydrogen-bond acceptors (Lipinski definition) is 4. The number of carboxylic acids is 1. The maximum atomic E-state index is 11.0. The molecule has 82 valence electrons. The highest BCUT2D eigenvalue weighted by molar-refractivity contribution is 5.86. The highest BCUT2D eigenvalue weighted by Crippen LogP contribution is 1.91. The Balaban J connectivity index is 2.88. The second-order valence-corrected chi connectivity index (χ2v) is 3.44. The zero-order chi connectivity index (χ0) is 11.4. The summed E-state index contributed by atoms with van der Waals surface area (Å²) in [5, 5.41) is 8.70. The molecule has 0 bridgehead atoms. The summed E-state index contributed by atoms with van der Waals surface area (Å²) in [6.07, 6.45) is 2.65. The number of likely N-dealkylation sites (N-methyl/N-ethyl adjacent to an activating group) is 1. The smallest absolute Gasteiger partial charge is 0.342 e. The first-order valence-corrected chi connectivity index (χ1v) is 4.45. The quantitative estimate of drug-likeness (QED) is 0.726. The van der Waals surface area contributed by atoms with Crippen LogP contribution in [0.3, 0.4) is 0 Å². The predicted molar refractivity (Wildman–Crippen MR) is 54.0 cm³/mol. The molecule has 0 saturated carbocycles. The van der Waals surface area contributed by atoms with Crippen LogP contribution in [-0.4, -0.2) is 46.2 Å². The monoisotopic (exact) mass is 211 g/mol. The third-order valence-corrected chi connectivity index (χ3v) is 1.88. The highest BCUT2D eigenvalue weighted by Gasteiger charge is 2.09. The van der Waals surface area contributed by atoms with Crippen molar-refractivity contribution >= 4 is 5.97 Å². The zero-order valence-electron chi connectivity index (χ0n) is 8.67. The lowest BCUT2D eigenvalue weighted by atomic mass is 10.3. The van der Waals surface area contributed by atoms with Crippen LogP contribution in [0.2, 0.25) is 0 Å². The normalized spacial score (nSPS) is 10.6. The van der Waals surface area contributed by atoms with Crippen molar-refractivity contribution in [3.8, 4) is 0 Å². The molecule has 1 aromatic rings. The van der Waals surface area contributed by atoms with Crippen LogP contribution < -0.4 is 5.56 Å². The van der Waals surface area contributed by atoms with E-state index in [4.69, 9.17) is 5.11 Å². The molecule has 0 unspecified atom stereocenters. The van der Waals surface area contributed by atoms with Gasteiger partial charge in [0.1, 0.15) is 5.56 Å². The molecule has 0 amide bonds. The topological polar surface area (TPSA) is 75.4 Å². The summed E-state index contributed by atoms with van der Waals surface area (Å²) >= 11 is 0. The minimum atomic E-state index is -1.24. The van der Waals surface area contributed by atoms with Gasteiger partial charge in [0.25, 0.3) is 5.56 Å². The van der Waals surface area contributed by atoms with Gasteiger partial charge in [-0.1, -0.05) is 0 Å². The van der Waals surface area contributed by atoms with Gasteiger partial charge in [0, 0.05) is 19.3 Å². The Morgan fingerprint density at radius 1 is 1.60 bits per heavy atom. The minimum absolute atomic E-state index is 0.295. The number of hydrogen-bond donors (Lipinski definition) is 1. The molecule has 0 fully saturated rings. The van der Waals surface area contributed by atoms with Crippen LogP contribution in [0.15, 0.2) is 17.3 Å². The first kappa shape index (κ1) is 11.4. The van der Waals surface area contributed by atoms with Gasteiger partial charge in [0.05, 0.1) is 6.33 Å². The summed E-state index contributed by atoms with van der Waals surface area (Å²) in [4.78, 5) is 27.1. The minimum Gasteiger partial charge on any atom is -0.477 e. The van der Waals surface area contributed by atoms with E-state index in [1.807, 2.05) is 19.0 Å². The third kappa shape index (κ3) is 3.17. The summed E-state index contributed by atoms with van der Waals surface area (Å²) in [5.41, 5.74) is -1.00. The second-order valence-electron chi connectivity index (χ2n) is 3.44. The van der Waals surface area contributed by atoms with Gasteiger partial charge in [0.2, 0.25) is 0 Å². The molecule has 0 spiro atoms. The van der Waals surface area contributed by atoms with Crippen molar-refractivity contribution in [2.45, 2.75) is 6.54 Å². The van der Waals surface area contributed by atoms with Gasteiger partial charge in [-0.2, -0.15) is 4.98 Å². The van der Waals surface area contributed by atoms with Crippen molar-refractivity contribution in [2.75, 3.05) is 20.6 Å². The molecule has 0 aliphatic carbocycles. The van der Waals surface area contributed by atoms with Gasteiger partial charge >= 0.3 is 5.97 Å². The van der Waals surface area contributed by atoms with Gasteiger partial charge in [-0.15, -0.1) is 0 Å². The Kier molecular flexibility index (Phi) is 3.56. The lowest BCUT2D eigenvalue weighted by Gasteiger charge is -2.11. The fourth-order valence-corrected chi connectivity index (χ4v) is 1.03. The predicted octanol–water partition coefficient (Wildman–Crippen LogP) is -0.497. The maximum Gasteiger partial charge on any atom is 0.342 e. The standard InChI is InChI=1S/C9H13N3O3/c1-11(2)3-4-12-5-7(9(14)15)8(13)10-6-12/h5-6H,3-4H2,1-2H3,(H,14,15). The number of carbonyl (C=O) groups is 1. The van der Waals surface area contributed by atoms with Crippen LogP contribution >= 0.6 is 0 Å². The Morgan fingerprint density at radius 3 is 2.80 bits per heavy atom. The summed E-state index contributed by atoms with van der Waals surface area (Å²) in [6, 6.07) is 0. The average molecular weight is 211 g/mol. The van der Waals surface area contributed by atoms with Crippen molar-refractivity contribution in [1.82, 2.24) is 14.5 Å². The van der Waals surface area contributed by atoms with E-state index in [0.717, 1.165) is 6.54 Å². The van der Waals surface area contributed by atoms with E-state index in [-0.39, 0.29) is 5.56 Å². The first-order valence-electron chi connectivity index (χ1n) is 4.45. The van der Waals surface area contributed by atoms with E-state index in [9.17, 15) is 9.59 Å². The van der Waals surface area contributed by atoms with E-state index in [1.54, 1.807) is 4.57 Å². The number of rotatable bonds is 4. The van der Waals surface area contributed by atoms with E-state index in [0.29, 0.717) is 6.54 Å². The molecule has 1 aromatic heterocycles. The number of aromatic carboxylic acids is 1. The van der Waals surface area contributed by atoms with Crippen molar-refractivity contribution in [2.24, 2.45) is 0 Å². The molecular weight excluding hydrogens is 198 g/mol. The summed E-state index contributed by atoms with van der Waals surface area (Å²) < 4.78 is 1.59. The number of carboxylic acid groups (broad SMARTS) is 1. The molecule has 15 heavy (non-hydrogen) atoms. The number of aromatic nitrogens is 2. The van der Waals surface area contributed by atoms with Crippen LogP contribution in [0.5, 0.6) is 0 Å². The zero-order valence-corrected chi connectivity index (χ0v) is 8.67. The second kappa shape index (κ2) is 4.70. The third-order valence-electron chi connectivity index (χ3n) is 1.88. The molecule has 0 saturated heterocycles. The largest absolute Gasteiger partial charge is 0.477 e. The lowest BCUT2D eigenvalue weighted by Crippen LogP contribution is -2.23. The molecule has 1 N–H and O–H groups in total. The van der Waals surface area contributed by atoms with E-state index >= 15 is 0 Å². The Hall–Kier alpha value is -1.69. The fraction of sp³-hybridized carbons (Fsp3) is 0.444. The molecule has 0 aromatic carbocycles. The van der Waals surface area contributed by atoms with Gasteiger partial charge in [0.15, 0.2) is 0 Å². The van der Waals surface area contributed by atoms with Crippen molar-refractivity contribution in [3.63, 3.8) is 0 Å². The summed E-state index contributed by atoms with van der Waals surface area (Å²) in [7, 11) is 3.82. The lowest BCUT2D eigenvalue weighted by molar-refractivity contribution is 0.0693. The highest BCUT2D eigenvalue weighted by atomic mass is 16.4. The van der Waals surface area contributed by atoms with Gasteiger partial charge in [-0.25, -0.2) is 4.79 Å². The molecule has 1 heterocycles. The molecular formula is C9H13N3O3. The van der Waals surface area contributed by atoms with E-state index < -0.39 is 11.5 Å². The molecule has 0 radical (unpaired) electrons.